The molecular weight excluding hydrogens is 182 g/mol. The van der Waals surface area contributed by atoms with Crippen molar-refractivity contribution >= 4 is 12.2 Å². The largest absolute Gasteiger partial charge is 0.298 e. The topological polar surface area (TPSA) is 33.6 Å². The van der Waals surface area contributed by atoms with Gasteiger partial charge in [0.1, 0.15) is 5.82 Å². The Labute approximate surface area is 83.2 Å². The van der Waals surface area contributed by atoms with E-state index in [4.69, 9.17) is 12.2 Å². The minimum atomic E-state index is 0.216. The Balaban J connectivity index is 2.49. The molecule has 0 atom stereocenters. The van der Waals surface area contributed by atoms with Gasteiger partial charge in [0.15, 0.2) is 4.77 Å². The summed E-state index contributed by atoms with van der Waals surface area (Å²) in [6, 6.07) is 0. The van der Waals surface area contributed by atoms with Crippen LogP contribution in [0.3, 0.4) is 0 Å². The fourth-order valence-corrected chi connectivity index (χ4v) is 2.77. The van der Waals surface area contributed by atoms with E-state index in [-0.39, 0.29) is 5.54 Å². The van der Waals surface area contributed by atoms with Crippen molar-refractivity contribution in [2.75, 3.05) is 0 Å². The van der Waals surface area contributed by atoms with Gasteiger partial charge in [-0.3, -0.25) is 9.67 Å². The Kier molecular flexibility index (Phi) is 2.02. The van der Waals surface area contributed by atoms with E-state index in [1.165, 1.54) is 25.7 Å². The minimum absolute atomic E-state index is 0.216. The molecule has 1 aromatic heterocycles. The maximum atomic E-state index is 5.23. The van der Waals surface area contributed by atoms with Crippen molar-refractivity contribution < 1.29 is 0 Å². The summed E-state index contributed by atoms with van der Waals surface area (Å²) in [6.07, 6.45) is 5.06. The van der Waals surface area contributed by atoms with Crippen LogP contribution in [0.5, 0.6) is 0 Å². The van der Waals surface area contributed by atoms with Crippen LogP contribution in [0.25, 0.3) is 0 Å². The van der Waals surface area contributed by atoms with Gasteiger partial charge in [0.2, 0.25) is 0 Å². The lowest BCUT2D eigenvalue weighted by atomic mass is 10.0. The molecule has 1 fully saturated rings. The van der Waals surface area contributed by atoms with E-state index in [0.29, 0.717) is 0 Å². The second-order valence-electron chi connectivity index (χ2n) is 4.12. The highest BCUT2D eigenvalue weighted by Gasteiger charge is 2.32. The highest BCUT2D eigenvalue weighted by molar-refractivity contribution is 7.71. The Morgan fingerprint density at radius 1 is 1.46 bits per heavy atom. The number of H-pyrrole nitrogens is 1. The molecule has 0 unspecified atom stereocenters. The molecule has 1 N–H and O–H groups in total. The monoisotopic (exact) mass is 197 g/mol. The summed E-state index contributed by atoms with van der Waals surface area (Å²) in [5, 5.41) is 7.01. The predicted octanol–water partition coefficient (Wildman–Crippen LogP) is 2.54. The number of nitrogens with zero attached hydrogens (tertiary/aromatic N) is 2. The van der Waals surface area contributed by atoms with Crippen LogP contribution in [0.1, 0.15) is 38.4 Å². The molecule has 1 saturated carbocycles. The van der Waals surface area contributed by atoms with Crippen LogP contribution in [-0.4, -0.2) is 14.8 Å². The van der Waals surface area contributed by atoms with Gasteiger partial charge >= 0.3 is 0 Å². The average molecular weight is 197 g/mol. The Morgan fingerprint density at radius 2 is 2.08 bits per heavy atom. The zero-order valence-corrected chi connectivity index (χ0v) is 8.95. The summed E-state index contributed by atoms with van der Waals surface area (Å²) in [4.78, 5) is 0. The third-order valence-electron chi connectivity index (χ3n) is 3.06. The molecule has 0 saturated heterocycles. The number of aromatic amines is 1. The van der Waals surface area contributed by atoms with Gasteiger partial charge in [-0.15, -0.1) is 0 Å². The summed E-state index contributed by atoms with van der Waals surface area (Å²) in [7, 11) is 0. The van der Waals surface area contributed by atoms with E-state index < -0.39 is 0 Å². The standard InChI is InChI=1S/C9H15N3S/c1-7-10-11-8(13)12(7)9(2)5-3-4-6-9/h3-6H2,1-2H3,(H,11,13). The Hall–Kier alpha value is -0.640. The highest BCUT2D eigenvalue weighted by Crippen LogP contribution is 2.36. The van der Waals surface area contributed by atoms with Gasteiger partial charge in [0.05, 0.1) is 0 Å². The van der Waals surface area contributed by atoms with E-state index in [0.717, 1.165) is 10.6 Å². The van der Waals surface area contributed by atoms with Crippen LogP contribution >= 0.6 is 12.2 Å². The third-order valence-corrected chi connectivity index (χ3v) is 3.33. The molecule has 3 nitrogen and oxygen atoms in total. The first-order valence-corrected chi connectivity index (χ1v) is 5.19. The maximum Gasteiger partial charge on any atom is 0.195 e. The van der Waals surface area contributed by atoms with Crippen molar-refractivity contribution in [3.05, 3.63) is 10.6 Å². The molecule has 4 heteroatoms. The first kappa shape index (κ1) is 8.94. The Morgan fingerprint density at radius 3 is 2.54 bits per heavy atom. The fourth-order valence-electron chi connectivity index (χ4n) is 2.37. The van der Waals surface area contributed by atoms with E-state index in [9.17, 15) is 0 Å². The number of aromatic nitrogens is 3. The minimum Gasteiger partial charge on any atom is -0.298 e. The quantitative estimate of drug-likeness (QED) is 0.702. The predicted molar refractivity (Wildman–Crippen MR) is 54.3 cm³/mol. The smallest absolute Gasteiger partial charge is 0.195 e. The van der Waals surface area contributed by atoms with Crippen LogP contribution in [-0.2, 0) is 5.54 Å². The lowest BCUT2D eigenvalue weighted by Crippen LogP contribution is -2.27. The third kappa shape index (κ3) is 1.33. The molecular formula is C9H15N3S. The molecule has 0 bridgehead atoms. The molecule has 1 heterocycles. The van der Waals surface area contributed by atoms with Gasteiger partial charge in [-0.25, -0.2) is 0 Å². The summed E-state index contributed by atoms with van der Waals surface area (Å²) >= 11 is 5.23. The van der Waals surface area contributed by atoms with Crippen LogP contribution < -0.4 is 0 Å². The Bertz CT molecular complexity index is 357. The van der Waals surface area contributed by atoms with E-state index in [2.05, 4.69) is 21.7 Å². The van der Waals surface area contributed by atoms with Crippen LogP contribution in [0.15, 0.2) is 0 Å². The van der Waals surface area contributed by atoms with Crippen molar-refractivity contribution in [1.82, 2.24) is 14.8 Å². The molecule has 72 valence electrons. The number of hydrogen-bond donors (Lipinski definition) is 1. The lowest BCUT2D eigenvalue weighted by Gasteiger charge is -2.26. The highest BCUT2D eigenvalue weighted by atomic mass is 32.1. The lowest BCUT2D eigenvalue weighted by molar-refractivity contribution is 0.318. The fraction of sp³-hybridized carbons (Fsp3) is 0.778. The first-order chi connectivity index (χ1) is 6.13. The van der Waals surface area contributed by atoms with Crippen molar-refractivity contribution in [2.24, 2.45) is 0 Å². The zero-order valence-electron chi connectivity index (χ0n) is 8.13. The summed E-state index contributed by atoms with van der Waals surface area (Å²) < 4.78 is 2.94. The molecule has 0 aromatic carbocycles. The maximum absolute atomic E-state index is 5.23. The first-order valence-electron chi connectivity index (χ1n) is 4.78. The number of aryl methyl sites for hydroxylation is 1. The van der Waals surface area contributed by atoms with Crippen molar-refractivity contribution in [3.63, 3.8) is 0 Å². The SMILES string of the molecule is Cc1n[nH]c(=S)n1C1(C)CCCC1. The van der Waals surface area contributed by atoms with Crippen LogP contribution in [0.2, 0.25) is 0 Å². The van der Waals surface area contributed by atoms with Crippen molar-refractivity contribution in [1.29, 1.82) is 0 Å². The van der Waals surface area contributed by atoms with Crippen molar-refractivity contribution in [3.8, 4) is 0 Å². The molecule has 1 aromatic rings. The van der Waals surface area contributed by atoms with Gasteiger partial charge in [0, 0.05) is 5.54 Å². The summed E-state index contributed by atoms with van der Waals surface area (Å²) in [5.74, 6) is 1.01. The average Bonchev–Trinajstić information content (AvgIpc) is 2.60. The number of nitrogens with one attached hydrogen (secondary N) is 1. The van der Waals surface area contributed by atoms with Gasteiger partial charge in [-0.2, -0.15) is 5.10 Å². The summed E-state index contributed by atoms with van der Waals surface area (Å²) in [6.45, 7) is 4.29. The van der Waals surface area contributed by atoms with Crippen molar-refractivity contribution in [2.45, 2.75) is 45.1 Å². The second kappa shape index (κ2) is 2.94. The van der Waals surface area contributed by atoms with Gasteiger partial charge in [-0.05, 0) is 38.9 Å². The van der Waals surface area contributed by atoms with E-state index >= 15 is 0 Å². The van der Waals surface area contributed by atoms with Gasteiger partial charge in [-0.1, -0.05) is 12.8 Å². The molecule has 0 aliphatic heterocycles. The van der Waals surface area contributed by atoms with Gasteiger partial charge < -0.3 is 0 Å². The van der Waals surface area contributed by atoms with Crippen LogP contribution in [0, 0.1) is 11.7 Å². The number of rotatable bonds is 1. The molecule has 0 amide bonds. The molecule has 13 heavy (non-hydrogen) atoms. The van der Waals surface area contributed by atoms with E-state index in [1.807, 2.05) is 6.92 Å². The molecule has 0 spiro atoms. The normalized spacial score (nSPS) is 20.8. The molecule has 2 rings (SSSR count). The van der Waals surface area contributed by atoms with Gasteiger partial charge in [0.25, 0.3) is 0 Å². The molecule has 1 aliphatic carbocycles. The molecule has 0 radical (unpaired) electrons. The number of hydrogen-bond acceptors (Lipinski definition) is 2. The van der Waals surface area contributed by atoms with Crippen LogP contribution in [0.4, 0.5) is 0 Å². The summed E-state index contributed by atoms with van der Waals surface area (Å²) in [5.41, 5.74) is 0.216. The zero-order chi connectivity index (χ0) is 9.47. The second-order valence-corrected chi connectivity index (χ2v) is 4.50. The van der Waals surface area contributed by atoms with E-state index in [1.54, 1.807) is 0 Å². The molecule has 1 aliphatic rings.